The quantitative estimate of drug-likeness (QED) is 0.638. The van der Waals surface area contributed by atoms with Crippen LogP contribution in [0.3, 0.4) is 0 Å². The van der Waals surface area contributed by atoms with Crippen LogP contribution < -0.4 is 16.0 Å². The molecule has 0 amide bonds. The van der Waals surface area contributed by atoms with Gasteiger partial charge in [-0.3, -0.25) is 16.3 Å². The third kappa shape index (κ3) is 3.49. The Balaban J connectivity index is 2.16. The van der Waals surface area contributed by atoms with Gasteiger partial charge in [-0.15, -0.1) is 0 Å². The van der Waals surface area contributed by atoms with Crippen LogP contribution in [0.25, 0.3) is 0 Å². The number of rotatable bonds is 5. The third-order valence-corrected chi connectivity index (χ3v) is 2.88. The van der Waals surface area contributed by atoms with E-state index in [-0.39, 0.29) is 11.9 Å². The summed E-state index contributed by atoms with van der Waals surface area (Å²) in [4.78, 5) is 4.04. The van der Waals surface area contributed by atoms with Gasteiger partial charge in [-0.25, -0.2) is 4.39 Å². The topological polar surface area (TPSA) is 60.2 Å². The number of pyridine rings is 1. The summed E-state index contributed by atoms with van der Waals surface area (Å²) < 4.78 is 18.0. The molecule has 0 aliphatic heterocycles. The van der Waals surface area contributed by atoms with Gasteiger partial charge in [0.15, 0.2) is 0 Å². The molecule has 0 bridgehead atoms. The fourth-order valence-electron chi connectivity index (χ4n) is 1.88. The predicted octanol–water partition coefficient (Wildman–Crippen LogP) is 1.98. The van der Waals surface area contributed by atoms with Crippen LogP contribution in [0, 0.1) is 5.82 Å². The van der Waals surface area contributed by atoms with Crippen molar-refractivity contribution in [2.75, 3.05) is 7.11 Å². The molecule has 0 radical (unpaired) electrons. The second kappa shape index (κ2) is 6.26. The zero-order chi connectivity index (χ0) is 13.7. The predicted molar refractivity (Wildman–Crippen MR) is 71.0 cm³/mol. The lowest BCUT2D eigenvalue weighted by Crippen LogP contribution is -2.30. The first-order chi connectivity index (χ1) is 9.22. The summed E-state index contributed by atoms with van der Waals surface area (Å²) in [5, 5.41) is 0. The van der Waals surface area contributed by atoms with Gasteiger partial charge in [0.2, 0.25) is 0 Å². The van der Waals surface area contributed by atoms with Gasteiger partial charge in [0, 0.05) is 0 Å². The average Bonchev–Trinajstić information content (AvgIpc) is 2.46. The monoisotopic (exact) mass is 261 g/mol. The van der Waals surface area contributed by atoms with Crippen molar-refractivity contribution in [3.8, 4) is 5.75 Å². The van der Waals surface area contributed by atoms with Crippen molar-refractivity contribution in [1.82, 2.24) is 10.4 Å². The smallest absolute Gasteiger partial charge is 0.141 e. The van der Waals surface area contributed by atoms with Crippen LogP contribution in [0.5, 0.6) is 5.75 Å². The number of halogens is 1. The van der Waals surface area contributed by atoms with E-state index >= 15 is 0 Å². The number of hydrazine groups is 1. The maximum absolute atomic E-state index is 12.8. The van der Waals surface area contributed by atoms with E-state index in [4.69, 9.17) is 10.6 Å². The molecule has 1 atom stereocenters. The zero-order valence-corrected chi connectivity index (χ0v) is 10.6. The Labute approximate surface area is 111 Å². The van der Waals surface area contributed by atoms with E-state index in [9.17, 15) is 4.39 Å². The zero-order valence-electron chi connectivity index (χ0n) is 10.6. The summed E-state index contributed by atoms with van der Waals surface area (Å²) in [5.41, 5.74) is 4.46. The molecule has 0 saturated heterocycles. The Bertz CT molecular complexity index is 530. The van der Waals surface area contributed by atoms with Gasteiger partial charge in [-0.05, 0) is 36.2 Å². The number of benzene rings is 1. The van der Waals surface area contributed by atoms with Crippen LogP contribution in [-0.2, 0) is 6.42 Å². The van der Waals surface area contributed by atoms with Crippen molar-refractivity contribution in [1.29, 1.82) is 0 Å². The number of aromatic nitrogens is 1. The molecular formula is C14H16FN3O. The second-order valence-electron chi connectivity index (χ2n) is 4.18. The number of nitrogens with one attached hydrogen (secondary N) is 1. The summed E-state index contributed by atoms with van der Waals surface area (Å²) in [6.45, 7) is 0. The highest BCUT2D eigenvalue weighted by Gasteiger charge is 2.12. The van der Waals surface area contributed by atoms with E-state index in [1.807, 2.05) is 24.3 Å². The summed E-state index contributed by atoms with van der Waals surface area (Å²) in [6.07, 6.45) is 1.83. The van der Waals surface area contributed by atoms with Crippen molar-refractivity contribution in [3.63, 3.8) is 0 Å². The third-order valence-electron chi connectivity index (χ3n) is 2.88. The molecule has 2 aromatic rings. The SMILES string of the molecule is COc1cccc(CC(NN)c2ccc(F)cn2)c1. The highest BCUT2D eigenvalue weighted by molar-refractivity contribution is 5.29. The van der Waals surface area contributed by atoms with Crippen LogP contribution in [-0.4, -0.2) is 12.1 Å². The van der Waals surface area contributed by atoms with E-state index < -0.39 is 0 Å². The van der Waals surface area contributed by atoms with Crippen LogP contribution >= 0.6 is 0 Å². The van der Waals surface area contributed by atoms with Crippen molar-refractivity contribution >= 4 is 0 Å². The largest absolute Gasteiger partial charge is 0.497 e. The molecule has 3 N–H and O–H groups in total. The fourth-order valence-corrected chi connectivity index (χ4v) is 1.88. The van der Waals surface area contributed by atoms with E-state index in [1.165, 1.54) is 12.3 Å². The molecule has 1 unspecified atom stereocenters. The highest BCUT2D eigenvalue weighted by atomic mass is 19.1. The maximum atomic E-state index is 12.8. The van der Waals surface area contributed by atoms with Crippen molar-refractivity contribution in [2.24, 2.45) is 5.84 Å². The number of hydrogen-bond acceptors (Lipinski definition) is 4. The molecule has 0 fully saturated rings. The first-order valence-corrected chi connectivity index (χ1v) is 5.93. The fraction of sp³-hybridized carbons (Fsp3) is 0.214. The molecule has 1 aromatic heterocycles. The maximum Gasteiger partial charge on any atom is 0.141 e. The van der Waals surface area contributed by atoms with E-state index in [0.717, 1.165) is 11.3 Å². The van der Waals surface area contributed by atoms with Crippen LogP contribution in [0.4, 0.5) is 4.39 Å². The highest BCUT2D eigenvalue weighted by Crippen LogP contribution is 2.19. The summed E-state index contributed by atoms with van der Waals surface area (Å²) >= 11 is 0. The Kier molecular flexibility index (Phi) is 4.43. The van der Waals surface area contributed by atoms with Crippen molar-refractivity contribution in [3.05, 3.63) is 59.7 Å². The first-order valence-electron chi connectivity index (χ1n) is 5.93. The van der Waals surface area contributed by atoms with E-state index in [1.54, 1.807) is 13.2 Å². The average molecular weight is 261 g/mol. The molecular weight excluding hydrogens is 245 g/mol. The Morgan fingerprint density at radius 3 is 2.84 bits per heavy atom. The number of hydrogen-bond donors (Lipinski definition) is 2. The van der Waals surface area contributed by atoms with E-state index in [0.29, 0.717) is 12.1 Å². The Morgan fingerprint density at radius 1 is 1.37 bits per heavy atom. The van der Waals surface area contributed by atoms with Gasteiger partial charge >= 0.3 is 0 Å². The first kappa shape index (κ1) is 13.5. The van der Waals surface area contributed by atoms with Crippen molar-refractivity contribution < 1.29 is 9.13 Å². The van der Waals surface area contributed by atoms with Crippen LogP contribution in [0.15, 0.2) is 42.6 Å². The minimum Gasteiger partial charge on any atom is -0.497 e. The molecule has 2 rings (SSSR count). The lowest BCUT2D eigenvalue weighted by Gasteiger charge is -2.15. The second-order valence-corrected chi connectivity index (χ2v) is 4.18. The van der Waals surface area contributed by atoms with Gasteiger partial charge in [-0.1, -0.05) is 12.1 Å². The summed E-state index contributed by atoms with van der Waals surface area (Å²) in [5.74, 6) is 5.98. The standard InChI is InChI=1S/C14H16FN3O/c1-19-12-4-2-3-10(7-12)8-14(18-16)13-6-5-11(15)9-17-13/h2-7,9,14,18H,8,16H2,1H3. The minimum atomic E-state index is -0.360. The van der Waals surface area contributed by atoms with E-state index in [2.05, 4.69) is 10.4 Å². The van der Waals surface area contributed by atoms with Gasteiger partial charge in [-0.2, -0.15) is 0 Å². The van der Waals surface area contributed by atoms with Gasteiger partial charge < -0.3 is 4.74 Å². The Hall–Kier alpha value is -1.98. The number of ether oxygens (including phenoxy) is 1. The molecule has 1 heterocycles. The van der Waals surface area contributed by atoms with Crippen LogP contribution in [0.1, 0.15) is 17.3 Å². The molecule has 19 heavy (non-hydrogen) atoms. The molecule has 1 aromatic carbocycles. The lowest BCUT2D eigenvalue weighted by molar-refractivity contribution is 0.413. The number of nitrogens with zero attached hydrogens (tertiary/aromatic N) is 1. The molecule has 0 saturated carbocycles. The van der Waals surface area contributed by atoms with Crippen molar-refractivity contribution in [2.45, 2.75) is 12.5 Å². The molecule has 0 aliphatic carbocycles. The van der Waals surface area contributed by atoms with Crippen LogP contribution in [0.2, 0.25) is 0 Å². The molecule has 4 nitrogen and oxygen atoms in total. The number of methoxy groups -OCH3 is 1. The van der Waals surface area contributed by atoms with Gasteiger partial charge in [0.1, 0.15) is 11.6 Å². The summed E-state index contributed by atoms with van der Waals surface area (Å²) in [6, 6.07) is 10.5. The van der Waals surface area contributed by atoms with Gasteiger partial charge in [0.05, 0.1) is 25.0 Å². The summed E-state index contributed by atoms with van der Waals surface area (Å²) in [7, 11) is 1.62. The lowest BCUT2D eigenvalue weighted by atomic mass is 10.0. The molecule has 0 spiro atoms. The Morgan fingerprint density at radius 2 is 2.21 bits per heavy atom. The molecule has 0 aliphatic rings. The number of nitrogens with two attached hydrogens (primary N) is 1. The van der Waals surface area contributed by atoms with Gasteiger partial charge in [0.25, 0.3) is 0 Å². The molecule has 5 heteroatoms. The minimum absolute atomic E-state index is 0.173. The molecule has 100 valence electrons. The normalized spacial score (nSPS) is 12.2.